The number of Topliss-reactive ketones (excluding diaryl/α,β-unsaturated/α-hetero) is 2. The van der Waals surface area contributed by atoms with E-state index in [-0.39, 0.29) is 11.6 Å². The summed E-state index contributed by atoms with van der Waals surface area (Å²) in [5.74, 6) is 0.0515. The summed E-state index contributed by atoms with van der Waals surface area (Å²) in [6, 6.07) is 14.3. The van der Waals surface area contributed by atoms with Crippen LogP contribution < -0.4 is 21.7 Å². The minimum absolute atomic E-state index is 0.0258. The molecule has 0 bridgehead atoms. The highest BCUT2D eigenvalue weighted by molar-refractivity contribution is 7.80. The number of nitrogens with one attached hydrogen (secondary N) is 4. The average molecular weight is 525 g/mol. The third-order valence-corrected chi connectivity index (χ3v) is 5.56. The number of carbonyl (C=O) groups is 2. The first kappa shape index (κ1) is 27.0. The normalized spacial score (nSPS) is 14.5. The zero-order valence-electron chi connectivity index (χ0n) is 20.0. The van der Waals surface area contributed by atoms with E-state index in [0.717, 1.165) is 11.1 Å². The Bertz CT molecular complexity index is 1050. The number of nitrogens with zero attached hydrogens (tertiary/aromatic N) is 4. The lowest BCUT2D eigenvalue weighted by Gasteiger charge is -2.35. The molecule has 0 unspecified atom stereocenters. The maximum atomic E-state index is 11.3. The number of carbonyl (C=O) groups excluding carboxylic acids is 2. The average Bonchev–Trinajstić information content (AvgIpc) is 2.86. The number of hydrogen-bond acceptors (Lipinski definition) is 8. The van der Waals surface area contributed by atoms with Crippen LogP contribution in [0.5, 0.6) is 0 Å². The predicted molar refractivity (Wildman–Crippen MR) is 149 cm³/mol. The van der Waals surface area contributed by atoms with Crippen molar-refractivity contribution in [3.8, 4) is 0 Å². The molecule has 10 nitrogen and oxygen atoms in total. The first-order valence-corrected chi connectivity index (χ1v) is 12.0. The molecule has 3 rings (SSSR count). The molecule has 0 aliphatic carbocycles. The maximum Gasteiger partial charge on any atom is 0.201 e. The molecule has 0 atom stereocenters. The number of benzene rings is 2. The molecule has 0 amide bonds. The fourth-order valence-corrected chi connectivity index (χ4v) is 3.57. The molecule has 1 aliphatic heterocycles. The third-order valence-electron chi connectivity index (χ3n) is 5.19. The van der Waals surface area contributed by atoms with Crippen molar-refractivity contribution in [1.29, 1.82) is 0 Å². The van der Waals surface area contributed by atoms with Gasteiger partial charge in [0, 0.05) is 37.3 Å². The van der Waals surface area contributed by atoms with Crippen LogP contribution in [0.1, 0.15) is 45.7 Å². The van der Waals surface area contributed by atoms with Crippen molar-refractivity contribution in [1.82, 2.24) is 31.7 Å². The van der Waals surface area contributed by atoms with Gasteiger partial charge in [0.05, 0.1) is 12.4 Å². The summed E-state index contributed by atoms with van der Waals surface area (Å²) in [5.41, 5.74) is 14.8. The Balaban J connectivity index is 1.32. The molecule has 1 heterocycles. The van der Waals surface area contributed by atoms with Crippen LogP contribution in [0.3, 0.4) is 0 Å². The summed E-state index contributed by atoms with van der Waals surface area (Å²) >= 11 is 10.6. The van der Waals surface area contributed by atoms with Gasteiger partial charge in [-0.3, -0.25) is 31.3 Å². The van der Waals surface area contributed by atoms with E-state index in [1.54, 1.807) is 36.7 Å². The lowest BCUT2D eigenvalue weighted by Crippen LogP contribution is -2.59. The molecule has 0 radical (unpaired) electrons. The maximum absolute atomic E-state index is 11.3. The van der Waals surface area contributed by atoms with Gasteiger partial charge in [0.2, 0.25) is 10.2 Å². The molecule has 2 aromatic carbocycles. The zero-order valence-corrected chi connectivity index (χ0v) is 21.7. The molecule has 2 aromatic rings. The molecule has 0 spiro atoms. The van der Waals surface area contributed by atoms with Crippen LogP contribution >= 0.6 is 24.4 Å². The van der Waals surface area contributed by atoms with Gasteiger partial charge < -0.3 is 0 Å². The largest absolute Gasteiger partial charge is 0.295 e. The number of thiocarbonyl (C=S) groups is 2. The lowest BCUT2D eigenvalue weighted by molar-refractivity contribution is 0.0936. The molecule has 188 valence electrons. The van der Waals surface area contributed by atoms with Crippen molar-refractivity contribution in [3.05, 3.63) is 70.8 Å². The summed E-state index contributed by atoms with van der Waals surface area (Å²) in [6.45, 7) is 5.90. The molecular weight excluding hydrogens is 496 g/mol. The van der Waals surface area contributed by atoms with Gasteiger partial charge in [-0.2, -0.15) is 10.2 Å². The number of hydrogen-bond donors (Lipinski definition) is 4. The SMILES string of the molecule is CC(=O)c1ccc(/C=N\NC(=S)NN2CCN(NC(=S)N/N=C/c3ccc(C(C)=O)cc3)CC2)cc1. The van der Waals surface area contributed by atoms with Crippen LogP contribution in [0.25, 0.3) is 0 Å². The fraction of sp³-hybridized carbons (Fsp3) is 0.250. The number of ketones is 2. The second-order valence-electron chi connectivity index (χ2n) is 7.95. The first-order valence-electron chi connectivity index (χ1n) is 11.2. The van der Waals surface area contributed by atoms with E-state index in [0.29, 0.717) is 47.5 Å². The Morgan fingerprint density at radius 2 is 1.03 bits per heavy atom. The van der Waals surface area contributed by atoms with Crippen LogP contribution in [-0.4, -0.2) is 70.4 Å². The Morgan fingerprint density at radius 1 is 0.694 bits per heavy atom. The Kier molecular flexibility index (Phi) is 10.1. The smallest absolute Gasteiger partial charge is 0.201 e. The Hall–Kier alpha value is -3.58. The topological polar surface area (TPSA) is 113 Å². The van der Waals surface area contributed by atoms with Gasteiger partial charge in [0.1, 0.15) is 0 Å². The molecule has 1 aliphatic rings. The van der Waals surface area contributed by atoms with E-state index in [2.05, 4.69) is 31.9 Å². The van der Waals surface area contributed by atoms with E-state index in [9.17, 15) is 9.59 Å². The Labute approximate surface area is 220 Å². The standard InChI is InChI=1S/C24H28N8O2S2/c1-17(33)21-7-3-19(4-8-21)15-25-27-23(35)29-31-11-13-32(14-12-31)30-24(36)28-26-16-20-5-9-22(10-6-20)18(2)34/h3-10,15-16H,11-14H2,1-2H3,(H2,27,29,35)(H2,28,30,36)/b25-15-,26-16+. The number of hydrazone groups is 2. The molecule has 12 heteroatoms. The molecule has 36 heavy (non-hydrogen) atoms. The van der Waals surface area contributed by atoms with Crippen molar-refractivity contribution in [2.24, 2.45) is 10.2 Å². The molecular formula is C24H28N8O2S2. The second-order valence-corrected chi connectivity index (χ2v) is 8.77. The van der Waals surface area contributed by atoms with Gasteiger partial charge in [-0.25, -0.2) is 10.0 Å². The summed E-state index contributed by atoms with van der Waals surface area (Å²) in [5, 5.41) is 13.0. The van der Waals surface area contributed by atoms with Crippen LogP contribution in [0.15, 0.2) is 58.7 Å². The summed E-state index contributed by atoms with van der Waals surface area (Å²) in [6.07, 6.45) is 3.27. The quantitative estimate of drug-likeness (QED) is 0.177. The number of rotatable bonds is 8. The second kappa shape index (κ2) is 13.5. The highest BCUT2D eigenvalue weighted by Gasteiger charge is 2.17. The van der Waals surface area contributed by atoms with Crippen LogP contribution in [0, 0.1) is 0 Å². The monoisotopic (exact) mass is 524 g/mol. The van der Waals surface area contributed by atoms with Crippen molar-refractivity contribution in [2.45, 2.75) is 13.8 Å². The molecule has 1 saturated heterocycles. The first-order chi connectivity index (χ1) is 17.3. The zero-order chi connectivity index (χ0) is 25.9. The summed E-state index contributed by atoms with van der Waals surface area (Å²) in [7, 11) is 0. The van der Waals surface area contributed by atoms with Crippen LogP contribution in [0.4, 0.5) is 0 Å². The van der Waals surface area contributed by atoms with E-state index in [1.165, 1.54) is 13.8 Å². The van der Waals surface area contributed by atoms with Gasteiger partial charge in [0.25, 0.3) is 0 Å². The highest BCUT2D eigenvalue weighted by Crippen LogP contribution is 2.04. The van der Waals surface area contributed by atoms with Gasteiger partial charge in [0.15, 0.2) is 11.6 Å². The highest BCUT2D eigenvalue weighted by atomic mass is 32.1. The number of piperazine rings is 1. The minimum Gasteiger partial charge on any atom is -0.295 e. The Morgan fingerprint density at radius 3 is 1.33 bits per heavy atom. The molecule has 0 saturated carbocycles. The summed E-state index contributed by atoms with van der Waals surface area (Å²) < 4.78 is 0. The van der Waals surface area contributed by atoms with Gasteiger partial charge in [-0.05, 0) is 49.4 Å². The van der Waals surface area contributed by atoms with Gasteiger partial charge in [-0.1, -0.05) is 48.5 Å². The van der Waals surface area contributed by atoms with Crippen molar-refractivity contribution < 1.29 is 9.59 Å². The van der Waals surface area contributed by atoms with E-state index in [1.807, 2.05) is 34.3 Å². The molecule has 1 fully saturated rings. The van der Waals surface area contributed by atoms with Crippen molar-refractivity contribution >= 4 is 58.7 Å². The molecule has 4 N–H and O–H groups in total. The predicted octanol–water partition coefficient (Wildman–Crippen LogP) is 1.84. The van der Waals surface area contributed by atoms with Crippen LogP contribution in [0.2, 0.25) is 0 Å². The number of hydrazine groups is 2. The molecule has 0 aromatic heterocycles. The van der Waals surface area contributed by atoms with Crippen molar-refractivity contribution in [2.75, 3.05) is 26.2 Å². The third kappa shape index (κ3) is 8.89. The van der Waals surface area contributed by atoms with E-state index < -0.39 is 0 Å². The van der Waals surface area contributed by atoms with Gasteiger partial charge in [-0.15, -0.1) is 0 Å². The summed E-state index contributed by atoms with van der Waals surface area (Å²) in [4.78, 5) is 22.7. The van der Waals surface area contributed by atoms with Crippen LogP contribution in [-0.2, 0) is 0 Å². The van der Waals surface area contributed by atoms with E-state index in [4.69, 9.17) is 24.4 Å². The fourth-order valence-electron chi connectivity index (χ4n) is 3.21. The van der Waals surface area contributed by atoms with Gasteiger partial charge >= 0.3 is 0 Å². The minimum atomic E-state index is 0.0258. The van der Waals surface area contributed by atoms with Crippen molar-refractivity contribution in [3.63, 3.8) is 0 Å². The lowest BCUT2D eigenvalue weighted by atomic mass is 10.1. The van der Waals surface area contributed by atoms with E-state index >= 15 is 0 Å².